The van der Waals surface area contributed by atoms with Crippen LogP contribution in [0.1, 0.15) is 12.5 Å². The molecule has 0 unspecified atom stereocenters. The number of hydrogen-bond acceptors (Lipinski definition) is 2. The van der Waals surface area contributed by atoms with Crippen LogP contribution in [0.2, 0.25) is 0 Å². The summed E-state index contributed by atoms with van der Waals surface area (Å²) in [6.45, 7) is 2.45. The Hall–Kier alpha value is -1.57. The van der Waals surface area contributed by atoms with Crippen molar-refractivity contribution < 1.29 is 9.53 Å². The number of allylic oxidation sites excluding steroid dienone is 1. The number of aldehydes is 1. The van der Waals surface area contributed by atoms with Gasteiger partial charge >= 0.3 is 0 Å². The molecule has 0 spiro atoms. The molecule has 0 amide bonds. The second-order valence-electron chi connectivity index (χ2n) is 2.47. The smallest absolute Gasteiger partial charge is 0.146 e. The number of benzene rings is 1. The summed E-state index contributed by atoms with van der Waals surface area (Å²) in [6, 6.07) is 9.56. The van der Waals surface area contributed by atoms with Gasteiger partial charge in [-0.2, -0.15) is 0 Å². The summed E-state index contributed by atoms with van der Waals surface area (Å²) in [7, 11) is 0. The Kier molecular flexibility index (Phi) is 3.76. The van der Waals surface area contributed by atoms with Crippen molar-refractivity contribution in [2.45, 2.75) is 6.92 Å². The third-order valence-electron chi connectivity index (χ3n) is 1.58. The molecule has 0 bridgehead atoms. The molecule has 0 fully saturated rings. The van der Waals surface area contributed by atoms with E-state index in [2.05, 4.69) is 0 Å². The molecule has 1 aromatic carbocycles. The predicted molar refractivity (Wildman–Crippen MR) is 52.1 cm³/mol. The zero-order valence-electron chi connectivity index (χ0n) is 7.57. The fraction of sp³-hybridized carbons (Fsp3) is 0.182. The lowest BCUT2D eigenvalue weighted by atomic mass is 10.2. The summed E-state index contributed by atoms with van der Waals surface area (Å²) in [5, 5.41) is 0. The molecule has 0 saturated carbocycles. The van der Waals surface area contributed by atoms with E-state index in [1.807, 2.05) is 37.3 Å². The quantitative estimate of drug-likeness (QED) is 0.399. The van der Waals surface area contributed by atoms with E-state index in [1.54, 1.807) is 0 Å². The second kappa shape index (κ2) is 5.14. The van der Waals surface area contributed by atoms with Gasteiger partial charge in [0.1, 0.15) is 12.0 Å². The van der Waals surface area contributed by atoms with Gasteiger partial charge < -0.3 is 4.74 Å². The van der Waals surface area contributed by atoms with Crippen LogP contribution in [0.3, 0.4) is 0 Å². The Morgan fingerprint density at radius 2 is 2.08 bits per heavy atom. The van der Waals surface area contributed by atoms with E-state index in [0.29, 0.717) is 12.4 Å². The Morgan fingerprint density at radius 3 is 2.62 bits per heavy atom. The monoisotopic (exact) mass is 176 g/mol. The molecule has 2 heteroatoms. The average Bonchev–Trinajstić information content (AvgIpc) is 2.19. The molecule has 0 aromatic heterocycles. The molecule has 0 aliphatic rings. The maximum absolute atomic E-state index is 10.3. The largest absolute Gasteiger partial charge is 0.493 e. The minimum Gasteiger partial charge on any atom is -0.493 e. The topological polar surface area (TPSA) is 26.3 Å². The third kappa shape index (κ3) is 2.75. The minimum atomic E-state index is 0.564. The minimum absolute atomic E-state index is 0.564. The second-order valence-corrected chi connectivity index (χ2v) is 2.47. The lowest BCUT2D eigenvalue weighted by molar-refractivity contribution is -0.104. The van der Waals surface area contributed by atoms with Gasteiger partial charge in [-0.05, 0) is 6.92 Å². The normalized spacial score (nSPS) is 11.0. The first kappa shape index (κ1) is 9.52. The molecule has 0 aliphatic heterocycles. The summed E-state index contributed by atoms with van der Waals surface area (Å²) in [4.78, 5) is 10.3. The van der Waals surface area contributed by atoms with Gasteiger partial charge in [0.05, 0.1) is 6.61 Å². The van der Waals surface area contributed by atoms with Crippen LogP contribution in [-0.2, 0) is 9.53 Å². The van der Waals surface area contributed by atoms with Crippen LogP contribution in [0.5, 0.6) is 0 Å². The first-order valence-corrected chi connectivity index (χ1v) is 4.22. The van der Waals surface area contributed by atoms with E-state index in [0.717, 1.165) is 11.8 Å². The van der Waals surface area contributed by atoms with Gasteiger partial charge in [-0.3, -0.25) is 4.79 Å². The fourth-order valence-electron chi connectivity index (χ4n) is 1.05. The van der Waals surface area contributed by atoms with Crippen molar-refractivity contribution in [3.63, 3.8) is 0 Å². The van der Waals surface area contributed by atoms with Gasteiger partial charge in [0.2, 0.25) is 0 Å². The maximum atomic E-state index is 10.3. The molecule has 0 atom stereocenters. The lowest BCUT2D eigenvalue weighted by Gasteiger charge is -2.06. The number of carbonyl (C=O) groups excluding carboxylic acids is 1. The molecular weight excluding hydrogens is 164 g/mol. The molecular formula is C11H12O2. The van der Waals surface area contributed by atoms with Gasteiger partial charge in [-0.25, -0.2) is 0 Å². The third-order valence-corrected chi connectivity index (χ3v) is 1.58. The van der Waals surface area contributed by atoms with E-state index in [-0.39, 0.29) is 0 Å². The van der Waals surface area contributed by atoms with Crippen molar-refractivity contribution in [2.24, 2.45) is 0 Å². The fourth-order valence-corrected chi connectivity index (χ4v) is 1.05. The van der Waals surface area contributed by atoms with Crippen LogP contribution in [0, 0.1) is 0 Å². The molecule has 0 radical (unpaired) electrons. The van der Waals surface area contributed by atoms with Crippen LogP contribution in [0.25, 0.3) is 5.76 Å². The van der Waals surface area contributed by atoms with E-state index < -0.39 is 0 Å². The first-order valence-electron chi connectivity index (χ1n) is 4.22. The summed E-state index contributed by atoms with van der Waals surface area (Å²) >= 11 is 0. The Balaban J connectivity index is 2.89. The van der Waals surface area contributed by atoms with E-state index in [4.69, 9.17) is 4.74 Å². The van der Waals surface area contributed by atoms with Crippen LogP contribution in [0.15, 0.2) is 36.4 Å². The molecule has 0 heterocycles. The SMILES string of the molecule is CCOC(=CC=O)c1ccccc1. The van der Waals surface area contributed by atoms with Crippen LogP contribution in [0.4, 0.5) is 0 Å². The zero-order valence-corrected chi connectivity index (χ0v) is 7.57. The summed E-state index contributed by atoms with van der Waals surface area (Å²) < 4.78 is 5.30. The highest BCUT2D eigenvalue weighted by Crippen LogP contribution is 2.14. The van der Waals surface area contributed by atoms with Gasteiger partial charge in [-0.15, -0.1) is 0 Å². The van der Waals surface area contributed by atoms with Crippen LogP contribution >= 0.6 is 0 Å². The van der Waals surface area contributed by atoms with Crippen LogP contribution in [-0.4, -0.2) is 12.9 Å². The number of rotatable bonds is 4. The molecule has 68 valence electrons. The highest BCUT2D eigenvalue weighted by molar-refractivity contribution is 5.78. The van der Waals surface area contributed by atoms with Gasteiger partial charge in [0.15, 0.2) is 0 Å². The van der Waals surface area contributed by atoms with Crippen molar-refractivity contribution in [3.05, 3.63) is 42.0 Å². The highest BCUT2D eigenvalue weighted by atomic mass is 16.5. The van der Waals surface area contributed by atoms with Gasteiger partial charge in [-0.1, -0.05) is 30.3 Å². The molecule has 2 nitrogen and oxygen atoms in total. The van der Waals surface area contributed by atoms with Crippen molar-refractivity contribution in [3.8, 4) is 0 Å². The number of ether oxygens (including phenoxy) is 1. The van der Waals surface area contributed by atoms with Crippen molar-refractivity contribution in [1.82, 2.24) is 0 Å². The highest BCUT2D eigenvalue weighted by Gasteiger charge is 1.99. The zero-order chi connectivity index (χ0) is 9.52. The van der Waals surface area contributed by atoms with Crippen molar-refractivity contribution in [2.75, 3.05) is 6.61 Å². The Labute approximate surface area is 77.8 Å². The summed E-state index contributed by atoms with van der Waals surface area (Å²) in [5.41, 5.74) is 0.927. The predicted octanol–water partition coefficient (Wildman–Crippen LogP) is 2.26. The number of carbonyl (C=O) groups is 1. The Bertz CT molecular complexity index is 288. The molecule has 0 N–H and O–H groups in total. The summed E-state index contributed by atoms with van der Waals surface area (Å²) in [6.07, 6.45) is 2.16. The van der Waals surface area contributed by atoms with Gasteiger partial charge in [0.25, 0.3) is 0 Å². The van der Waals surface area contributed by atoms with Crippen LogP contribution < -0.4 is 0 Å². The summed E-state index contributed by atoms with van der Waals surface area (Å²) in [5.74, 6) is 0.623. The molecule has 1 rings (SSSR count). The molecule has 13 heavy (non-hydrogen) atoms. The molecule has 0 saturated heterocycles. The van der Waals surface area contributed by atoms with E-state index in [1.165, 1.54) is 6.08 Å². The first-order chi connectivity index (χ1) is 6.38. The standard InChI is InChI=1S/C11H12O2/c1-2-13-11(8-9-12)10-6-4-3-5-7-10/h3-9H,2H2,1H3. The average molecular weight is 176 g/mol. The van der Waals surface area contributed by atoms with Crippen molar-refractivity contribution >= 4 is 12.0 Å². The molecule has 0 aliphatic carbocycles. The number of hydrogen-bond donors (Lipinski definition) is 0. The van der Waals surface area contributed by atoms with E-state index in [9.17, 15) is 4.79 Å². The molecule has 1 aromatic rings. The lowest BCUT2D eigenvalue weighted by Crippen LogP contribution is -1.91. The maximum Gasteiger partial charge on any atom is 0.146 e. The van der Waals surface area contributed by atoms with Crippen molar-refractivity contribution in [1.29, 1.82) is 0 Å². The van der Waals surface area contributed by atoms with E-state index >= 15 is 0 Å². The Morgan fingerprint density at radius 1 is 1.38 bits per heavy atom. The van der Waals surface area contributed by atoms with Gasteiger partial charge in [0, 0.05) is 11.6 Å².